The number of carbonyl (C=O) groups excluding carboxylic acids is 1. The number of rotatable bonds is 3. The molecule has 1 aliphatic rings. The standard InChI is InChI=1S/C12H15NO2/c14-11(10-5-1-2-6-10)9-13-8-4-3-7-12(13)15/h3-4,7-8,10H,1-2,5-6,9H2. The van der Waals surface area contributed by atoms with E-state index in [1.54, 1.807) is 18.3 Å². The van der Waals surface area contributed by atoms with E-state index in [1.165, 1.54) is 10.6 Å². The van der Waals surface area contributed by atoms with Crippen LogP contribution < -0.4 is 5.56 Å². The molecule has 15 heavy (non-hydrogen) atoms. The monoisotopic (exact) mass is 205 g/mol. The predicted octanol–water partition coefficient (Wildman–Crippen LogP) is 1.61. The molecule has 0 saturated heterocycles. The topological polar surface area (TPSA) is 39.1 Å². The van der Waals surface area contributed by atoms with Gasteiger partial charge in [0, 0.05) is 18.2 Å². The zero-order chi connectivity index (χ0) is 10.7. The second-order valence-electron chi connectivity index (χ2n) is 4.11. The lowest BCUT2D eigenvalue weighted by Crippen LogP contribution is -2.25. The van der Waals surface area contributed by atoms with Crippen molar-refractivity contribution in [3.05, 3.63) is 34.7 Å². The van der Waals surface area contributed by atoms with Crippen molar-refractivity contribution in [2.24, 2.45) is 5.92 Å². The van der Waals surface area contributed by atoms with Crippen LogP contribution >= 0.6 is 0 Å². The van der Waals surface area contributed by atoms with Gasteiger partial charge in [0.05, 0.1) is 6.54 Å². The summed E-state index contributed by atoms with van der Waals surface area (Å²) in [6.45, 7) is 0.240. The lowest BCUT2D eigenvalue weighted by atomic mass is 10.0. The fraction of sp³-hybridized carbons (Fsp3) is 0.500. The first-order valence-electron chi connectivity index (χ1n) is 5.45. The van der Waals surface area contributed by atoms with E-state index >= 15 is 0 Å². The van der Waals surface area contributed by atoms with Crippen LogP contribution in [0.5, 0.6) is 0 Å². The van der Waals surface area contributed by atoms with Gasteiger partial charge in [-0.05, 0) is 18.9 Å². The van der Waals surface area contributed by atoms with Gasteiger partial charge in [0.1, 0.15) is 0 Å². The maximum absolute atomic E-state index is 11.8. The van der Waals surface area contributed by atoms with E-state index in [4.69, 9.17) is 0 Å². The summed E-state index contributed by atoms with van der Waals surface area (Å²) in [4.78, 5) is 23.2. The molecule has 0 unspecified atom stereocenters. The Morgan fingerprint density at radius 3 is 2.73 bits per heavy atom. The van der Waals surface area contributed by atoms with E-state index in [0.717, 1.165) is 25.7 Å². The van der Waals surface area contributed by atoms with Gasteiger partial charge in [-0.25, -0.2) is 0 Å². The summed E-state index contributed by atoms with van der Waals surface area (Å²) >= 11 is 0. The van der Waals surface area contributed by atoms with Crippen molar-refractivity contribution in [1.82, 2.24) is 4.57 Å². The molecule has 1 saturated carbocycles. The third-order valence-corrected chi connectivity index (χ3v) is 3.04. The molecule has 0 bridgehead atoms. The van der Waals surface area contributed by atoms with E-state index in [0.29, 0.717) is 0 Å². The van der Waals surface area contributed by atoms with Crippen LogP contribution in [0.25, 0.3) is 0 Å². The smallest absolute Gasteiger partial charge is 0.250 e. The van der Waals surface area contributed by atoms with Gasteiger partial charge in [-0.3, -0.25) is 9.59 Å². The quantitative estimate of drug-likeness (QED) is 0.752. The van der Waals surface area contributed by atoms with Gasteiger partial charge >= 0.3 is 0 Å². The van der Waals surface area contributed by atoms with E-state index in [9.17, 15) is 9.59 Å². The summed E-state index contributed by atoms with van der Waals surface area (Å²) in [7, 11) is 0. The molecule has 1 aromatic heterocycles. The Hall–Kier alpha value is -1.38. The number of pyridine rings is 1. The van der Waals surface area contributed by atoms with Gasteiger partial charge < -0.3 is 4.57 Å². The molecule has 3 heteroatoms. The van der Waals surface area contributed by atoms with Gasteiger partial charge in [0.25, 0.3) is 5.56 Å². The first-order chi connectivity index (χ1) is 7.27. The Labute approximate surface area is 88.7 Å². The highest BCUT2D eigenvalue weighted by Crippen LogP contribution is 2.25. The van der Waals surface area contributed by atoms with Crippen molar-refractivity contribution in [1.29, 1.82) is 0 Å². The molecule has 1 fully saturated rings. The third-order valence-electron chi connectivity index (χ3n) is 3.04. The summed E-state index contributed by atoms with van der Waals surface area (Å²) in [5, 5.41) is 0. The van der Waals surface area contributed by atoms with Gasteiger partial charge in [-0.2, -0.15) is 0 Å². The molecule has 0 aliphatic heterocycles. The normalized spacial score (nSPS) is 16.8. The predicted molar refractivity (Wildman–Crippen MR) is 57.7 cm³/mol. The molecule has 0 aromatic carbocycles. The van der Waals surface area contributed by atoms with Crippen LogP contribution in [0, 0.1) is 5.92 Å². The van der Waals surface area contributed by atoms with Crippen molar-refractivity contribution in [2.75, 3.05) is 0 Å². The van der Waals surface area contributed by atoms with Crippen LogP contribution in [-0.2, 0) is 11.3 Å². The SMILES string of the molecule is O=C(Cn1ccccc1=O)C1CCCC1. The summed E-state index contributed by atoms with van der Waals surface area (Å²) in [6, 6.07) is 4.96. The van der Waals surface area contributed by atoms with Crippen molar-refractivity contribution in [2.45, 2.75) is 32.2 Å². The number of aromatic nitrogens is 1. The maximum Gasteiger partial charge on any atom is 0.250 e. The second-order valence-corrected chi connectivity index (χ2v) is 4.11. The average Bonchev–Trinajstić information content (AvgIpc) is 2.74. The van der Waals surface area contributed by atoms with Crippen molar-refractivity contribution >= 4 is 5.78 Å². The molecule has 80 valence electrons. The lowest BCUT2D eigenvalue weighted by Gasteiger charge is -2.09. The Bertz CT molecular complexity index is 402. The highest BCUT2D eigenvalue weighted by molar-refractivity contribution is 5.81. The van der Waals surface area contributed by atoms with Gasteiger partial charge in [-0.1, -0.05) is 18.9 Å². The van der Waals surface area contributed by atoms with Crippen LogP contribution in [0.4, 0.5) is 0 Å². The van der Waals surface area contributed by atoms with Gasteiger partial charge in [-0.15, -0.1) is 0 Å². The fourth-order valence-corrected chi connectivity index (χ4v) is 2.14. The lowest BCUT2D eigenvalue weighted by molar-refractivity contribution is -0.123. The molecule has 0 atom stereocenters. The van der Waals surface area contributed by atoms with Crippen LogP contribution in [0.3, 0.4) is 0 Å². The fourth-order valence-electron chi connectivity index (χ4n) is 2.14. The molecule has 2 rings (SSSR count). The van der Waals surface area contributed by atoms with E-state index in [2.05, 4.69) is 0 Å². The summed E-state index contributed by atoms with van der Waals surface area (Å²) in [5.41, 5.74) is -0.0937. The molecule has 0 spiro atoms. The second kappa shape index (κ2) is 4.43. The number of hydrogen-bond donors (Lipinski definition) is 0. The number of hydrogen-bond acceptors (Lipinski definition) is 2. The van der Waals surface area contributed by atoms with Crippen LogP contribution in [0.1, 0.15) is 25.7 Å². The molecule has 3 nitrogen and oxygen atoms in total. The molecule has 0 N–H and O–H groups in total. The molecular weight excluding hydrogens is 190 g/mol. The highest BCUT2D eigenvalue weighted by Gasteiger charge is 2.22. The minimum absolute atomic E-state index is 0.0937. The minimum Gasteiger partial charge on any atom is -0.308 e. The summed E-state index contributed by atoms with van der Waals surface area (Å²) in [6.07, 6.45) is 5.98. The largest absolute Gasteiger partial charge is 0.308 e. The zero-order valence-corrected chi connectivity index (χ0v) is 8.69. The molecule has 0 radical (unpaired) electrons. The summed E-state index contributed by atoms with van der Waals surface area (Å²) < 4.78 is 1.49. The van der Waals surface area contributed by atoms with Crippen LogP contribution in [0.15, 0.2) is 29.2 Å². The zero-order valence-electron chi connectivity index (χ0n) is 8.69. The minimum atomic E-state index is -0.0937. The number of nitrogens with zero attached hydrogens (tertiary/aromatic N) is 1. The van der Waals surface area contributed by atoms with Gasteiger partial charge in [0.2, 0.25) is 0 Å². The third kappa shape index (κ3) is 2.35. The molecule has 0 amide bonds. The van der Waals surface area contributed by atoms with Crippen molar-refractivity contribution in [3.63, 3.8) is 0 Å². The summed E-state index contributed by atoms with van der Waals surface area (Å²) in [5.74, 6) is 0.401. The average molecular weight is 205 g/mol. The molecule has 1 aliphatic carbocycles. The number of ketones is 1. The number of carbonyl (C=O) groups is 1. The Morgan fingerprint density at radius 1 is 1.33 bits per heavy atom. The van der Waals surface area contributed by atoms with Crippen LogP contribution in [0.2, 0.25) is 0 Å². The first-order valence-corrected chi connectivity index (χ1v) is 5.45. The van der Waals surface area contributed by atoms with Crippen LogP contribution in [-0.4, -0.2) is 10.4 Å². The molecule has 1 heterocycles. The van der Waals surface area contributed by atoms with Crippen molar-refractivity contribution < 1.29 is 4.79 Å². The molecule has 1 aromatic rings. The van der Waals surface area contributed by atoms with E-state index in [-0.39, 0.29) is 23.8 Å². The first kappa shape index (κ1) is 10.1. The van der Waals surface area contributed by atoms with E-state index < -0.39 is 0 Å². The highest BCUT2D eigenvalue weighted by atomic mass is 16.1. The Balaban J connectivity index is 2.05. The number of Topliss-reactive ketones (excluding diaryl/α,β-unsaturated/α-hetero) is 1. The Kier molecular flexibility index (Phi) is 2.99. The molecular formula is C12H15NO2. The van der Waals surface area contributed by atoms with E-state index in [1.807, 2.05) is 0 Å². The Morgan fingerprint density at radius 2 is 2.07 bits per heavy atom. The maximum atomic E-state index is 11.8. The van der Waals surface area contributed by atoms with Crippen molar-refractivity contribution in [3.8, 4) is 0 Å². The van der Waals surface area contributed by atoms with Gasteiger partial charge in [0.15, 0.2) is 5.78 Å².